The lowest BCUT2D eigenvalue weighted by Gasteiger charge is -2.08. The number of amides is 1. The van der Waals surface area contributed by atoms with Gasteiger partial charge >= 0.3 is 5.97 Å². The standard InChI is InChI=1S/C19H20N2O7/c1-2-26-16-7-9-17(10-8-16)27-12-11-19(23)28-13-18(22)20-14-3-5-15(6-4-14)21(24)25/h3-10H,2,11-13H2,1H3,(H,20,22). The van der Waals surface area contributed by atoms with E-state index < -0.39 is 23.4 Å². The molecule has 0 aliphatic carbocycles. The summed E-state index contributed by atoms with van der Waals surface area (Å²) in [6, 6.07) is 12.3. The third-order valence-electron chi connectivity index (χ3n) is 3.44. The summed E-state index contributed by atoms with van der Waals surface area (Å²) in [5.41, 5.74) is 0.280. The molecule has 28 heavy (non-hydrogen) atoms. The number of rotatable bonds is 10. The zero-order valence-corrected chi connectivity index (χ0v) is 15.3. The van der Waals surface area contributed by atoms with Gasteiger partial charge in [0.1, 0.15) is 11.5 Å². The Balaban J connectivity index is 1.66. The van der Waals surface area contributed by atoms with Crippen LogP contribution in [0.5, 0.6) is 11.5 Å². The van der Waals surface area contributed by atoms with Crippen LogP contribution in [-0.2, 0) is 14.3 Å². The van der Waals surface area contributed by atoms with Crippen molar-refractivity contribution in [3.63, 3.8) is 0 Å². The number of nitro groups is 1. The summed E-state index contributed by atoms with van der Waals surface area (Å²) in [4.78, 5) is 33.5. The van der Waals surface area contributed by atoms with Crippen LogP contribution in [0.4, 0.5) is 11.4 Å². The minimum Gasteiger partial charge on any atom is -0.494 e. The summed E-state index contributed by atoms with van der Waals surface area (Å²) < 4.78 is 15.6. The molecule has 2 aromatic carbocycles. The average Bonchev–Trinajstić information content (AvgIpc) is 2.68. The summed E-state index contributed by atoms with van der Waals surface area (Å²) in [5.74, 6) is 0.194. The lowest BCUT2D eigenvalue weighted by atomic mass is 10.3. The quantitative estimate of drug-likeness (QED) is 0.378. The highest BCUT2D eigenvalue weighted by Crippen LogP contribution is 2.18. The SMILES string of the molecule is CCOc1ccc(OCCC(=O)OCC(=O)Nc2ccc([N+](=O)[O-])cc2)cc1. The first-order chi connectivity index (χ1) is 13.5. The van der Waals surface area contributed by atoms with E-state index in [1.807, 2.05) is 6.92 Å². The van der Waals surface area contributed by atoms with Gasteiger partial charge in [0.05, 0.1) is 24.6 Å². The molecule has 0 bridgehead atoms. The zero-order chi connectivity index (χ0) is 20.4. The van der Waals surface area contributed by atoms with E-state index in [1.165, 1.54) is 24.3 Å². The first-order valence-electron chi connectivity index (χ1n) is 8.53. The van der Waals surface area contributed by atoms with Crippen molar-refractivity contribution in [1.82, 2.24) is 0 Å². The highest BCUT2D eigenvalue weighted by Gasteiger charge is 2.10. The topological polar surface area (TPSA) is 117 Å². The van der Waals surface area contributed by atoms with Crippen molar-refractivity contribution in [2.24, 2.45) is 0 Å². The Labute approximate surface area is 161 Å². The number of non-ortho nitro benzene ring substituents is 1. The second kappa shape index (κ2) is 10.5. The van der Waals surface area contributed by atoms with Gasteiger partial charge in [-0.1, -0.05) is 0 Å². The van der Waals surface area contributed by atoms with Crippen LogP contribution in [0.3, 0.4) is 0 Å². The number of esters is 1. The van der Waals surface area contributed by atoms with E-state index in [4.69, 9.17) is 14.2 Å². The molecule has 0 saturated carbocycles. The number of nitro benzene ring substituents is 1. The molecule has 9 heteroatoms. The Hall–Kier alpha value is -3.62. The average molecular weight is 388 g/mol. The van der Waals surface area contributed by atoms with E-state index >= 15 is 0 Å². The number of ether oxygens (including phenoxy) is 3. The van der Waals surface area contributed by atoms with E-state index in [0.717, 1.165) is 5.75 Å². The summed E-state index contributed by atoms with van der Waals surface area (Å²) in [7, 11) is 0. The Morgan fingerprint density at radius 2 is 1.61 bits per heavy atom. The van der Waals surface area contributed by atoms with Crippen LogP contribution in [-0.4, -0.2) is 36.6 Å². The molecule has 0 atom stereocenters. The first kappa shape index (κ1) is 20.7. The maximum atomic E-state index is 11.8. The van der Waals surface area contributed by atoms with Gasteiger partial charge in [0.2, 0.25) is 0 Å². The molecule has 2 aromatic rings. The van der Waals surface area contributed by atoms with Gasteiger partial charge in [0.25, 0.3) is 11.6 Å². The van der Waals surface area contributed by atoms with Crippen molar-refractivity contribution >= 4 is 23.3 Å². The highest BCUT2D eigenvalue weighted by molar-refractivity contribution is 5.92. The van der Waals surface area contributed by atoms with Crippen molar-refractivity contribution in [1.29, 1.82) is 0 Å². The maximum absolute atomic E-state index is 11.8. The molecule has 0 heterocycles. The van der Waals surface area contributed by atoms with Crippen molar-refractivity contribution in [2.75, 3.05) is 25.1 Å². The van der Waals surface area contributed by atoms with Crippen LogP contribution in [0.25, 0.3) is 0 Å². The van der Waals surface area contributed by atoms with Crippen molar-refractivity contribution in [2.45, 2.75) is 13.3 Å². The lowest BCUT2D eigenvalue weighted by molar-refractivity contribution is -0.384. The minimum absolute atomic E-state index is 0.0159. The molecule has 0 aliphatic heterocycles. The number of carbonyl (C=O) groups excluding carboxylic acids is 2. The molecule has 1 amide bonds. The molecule has 0 saturated heterocycles. The minimum atomic E-state index is -0.579. The molecule has 0 aliphatic rings. The van der Waals surface area contributed by atoms with Crippen molar-refractivity contribution in [3.8, 4) is 11.5 Å². The van der Waals surface area contributed by atoms with E-state index in [-0.39, 0.29) is 18.7 Å². The van der Waals surface area contributed by atoms with Crippen LogP contribution in [0.15, 0.2) is 48.5 Å². The van der Waals surface area contributed by atoms with E-state index in [9.17, 15) is 19.7 Å². The Morgan fingerprint density at radius 3 is 2.18 bits per heavy atom. The number of nitrogens with one attached hydrogen (secondary N) is 1. The Bertz CT molecular complexity index is 804. The van der Waals surface area contributed by atoms with Gasteiger partial charge in [0, 0.05) is 17.8 Å². The molecule has 0 fully saturated rings. The number of anilines is 1. The largest absolute Gasteiger partial charge is 0.494 e. The molecule has 0 unspecified atom stereocenters. The molecule has 2 rings (SSSR count). The van der Waals surface area contributed by atoms with Gasteiger partial charge < -0.3 is 19.5 Å². The second-order valence-corrected chi connectivity index (χ2v) is 5.52. The van der Waals surface area contributed by atoms with Crippen LogP contribution in [0, 0.1) is 10.1 Å². The Morgan fingerprint density at radius 1 is 1.00 bits per heavy atom. The number of hydrogen-bond acceptors (Lipinski definition) is 7. The summed E-state index contributed by atoms with van der Waals surface area (Å²) in [6.07, 6.45) is -0.0159. The lowest BCUT2D eigenvalue weighted by Crippen LogP contribution is -2.21. The van der Waals surface area contributed by atoms with E-state index in [1.54, 1.807) is 24.3 Å². The monoisotopic (exact) mass is 388 g/mol. The molecule has 1 N–H and O–H groups in total. The molecular weight excluding hydrogens is 368 g/mol. The van der Waals surface area contributed by atoms with Gasteiger partial charge in [-0.25, -0.2) is 0 Å². The molecule has 148 valence electrons. The van der Waals surface area contributed by atoms with Crippen molar-refractivity contribution < 1.29 is 28.7 Å². The summed E-state index contributed by atoms with van der Waals surface area (Å²) in [6.45, 7) is 2.11. The molecule has 0 spiro atoms. The molecule has 0 radical (unpaired) electrons. The summed E-state index contributed by atoms with van der Waals surface area (Å²) in [5, 5.41) is 13.1. The number of carbonyl (C=O) groups is 2. The van der Waals surface area contributed by atoms with Gasteiger partial charge in [0.15, 0.2) is 6.61 Å². The van der Waals surface area contributed by atoms with Gasteiger partial charge in [-0.2, -0.15) is 0 Å². The third kappa shape index (κ3) is 6.94. The number of hydrogen-bond donors (Lipinski definition) is 1. The first-order valence-corrected chi connectivity index (χ1v) is 8.53. The van der Waals surface area contributed by atoms with Crippen LogP contribution in [0.2, 0.25) is 0 Å². The molecular formula is C19H20N2O7. The van der Waals surface area contributed by atoms with Gasteiger partial charge in [-0.3, -0.25) is 19.7 Å². The smallest absolute Gasteiger partial charge is 0.309 e. The third-order valence-corrected chi connectivity index (χ3v) is 3.44. The molecule has 9 nitrogen and oxygen atoms in total. The van der Waals surface area contributed by atoms with Gasteiger partial charge in [-0.15, -0.1) is 0 Å². The second-order valence-electron chi connectivity index (χ2n) is 5.52. The maximum Gasteiger partial charge on any atom is 0.309 e. The molecule has 0 aromatic heterocycles. The predicted molar refractivity (Wildman–Crippen MR) is 100 cm³/mol. The van der Waals surface area contributed by atoms with Crippen LogP contribution in [0.1, 0.15) is 13.3 Å². The van der Waals surface area contributed by atoms with Crippen molar-refractivity contribution in [3.05, 3.63) is 58.6 Å². The fourth-order valence-electron chi connectivity index (χ4n) is 2.13. The van der Waals surface area contributed by atoms with E-state index in [0.29, 0.717) is 18.0 Å². The number of nitrogens with zero attached hydrogens (tertiary/aromatic N) is 1. The fraction of sp³-hybridized carbons (Fsp3) is 0.263. The number of benzene rings is 2. The fourth-order valence-corrected chi connectivity index (χ4v) is 2.13. The predicted octanol–water partition coefficient (Wildman–Crippen LogP) is 2.94. The summed E-state index contributed by atoms with van der Waals surface area (Å²) >= 11 is 0. The Kier molecular flexibility index (Phi) is 7.77. The van der Waals surface area contributed by atoms with E-state index in [2.05, 4.69) is 5.32 Å². The van der Waals surface area contributed by atoms with Gasteiger partial charge in [-0.05, 0) is 43.3 Å². The highest BCUT2D eigenvalue weighted by atomic mass is 16.6. The normalized spacial score (nSPS) is 10.0. The van der Waals surface area contributed by atoms with Crippen LogP contribution < -0.4 is 14.8 Å². The van der Waals surface area contributed by atoms with Crippen LogP contribution >= 0.6 is 0 Å². The zero-order valence-electron chi connectivity index (χ0n) is 15.3.